The molecule has 0 saturated carbocycles. The van der Waals surface area contributed by atoms with Gasteiger partial charge >= 0.3 is 0 Å². The lowest BCUT2D eigenvalue weighted by Gasteiger charge is -2.06. The molecule has 0 saturated heterocycles. The summed E-state index contributed by atoms with van der Waals surface area (Å²) in [7, 11) is 0. The molecule has 0 unspecified atom stereocenters. The SMILES string of the molecule is CC(C)c1ccc(Nc2nnc(SCC(=O)c3ccc(F)cc3)s2)cc1. The molecule has 0 fully saturated rings. The molecule has 4 nitrogen and oxygen atoms in total. The Hall–Kier alpha value is -2.25. The summed E-state index contributed by atoms with van der Waals surface area (Å²) in [6.45, 7) is 4.31. The van der Waals surface area contributed by atoms with Crippen LogP contribution in [0.1, 0.15) is 35.7 Å². The lowest BCUT2D eigenvalue weighted by Crippen LogP contribution is -2.01. The Morgan fingerprint density at radius 1 is 1.12 bits per heavy atom. The molecule has 3 rings (SSSR count). The maximum atomic E-state index is 12.9. The number of nitrogens with one attached hydrogen (secondary N) is 1. The fraction of sp³-hybridized carbons (Fsp3) is 0.211. The summed E-state index contributed by atoms with van der Waals surface area (Å²) in [6.07, 6.45) is 0. The summed E-state index contributed by atoms with van der Waals surface area (Å²) < 4.78 is 13.6. The van der Waals surface area contributed by atoms with E-state index in [0.717, 1.165) is 5.69 Å². The smallest absolute Gasteiger partial charge is 0.210 e. The molecule has 0 amide bonds. The van der Waals surface area contributed by atoms with E-state index in [9.17, 15) is 9.18 Å². The molecule has 1 heterocycles. The Morgan fingerprint density at radius 3 is 2.46 bits per heavy atom. The van der Waals surface area contributed by atoms with Gasteiger partial charge in [-0.3, -0.25) is 4.79 Å². The van der Waals surface area contributed by atoms with Gasteiger partial charge in [-0.25, -0.2) is 4.39 Å². The van der Waals surface area contributed by atoms with Crippen molar-refractivity contribution >= 4 is 39.7 Å². The molecule has 0 atom stereocenters. The van der Waals surface area contributed by atoms with Gasteiger partial charge in [0.1, 0.15) is 5.82 Å². The molecule has 1 aromatic heterocycles. The molecule has 0 aliphatic rings. The number of aromatic nitrogens is 2. The summed E-state index contributed by atoms with van der Waals surface area (Å²) in [5, 5.41) is 12.1. The number of carbonyl (C=O) groups is 1. The van der Waals surface area contributed by atoms with E-state index in [4.69, 9.17) is 0 Å². The highest BCUT2D eigenvalue weighted by molar-refractivity contribution is 8.01. The highest BCUT2D eigenvalue weighted by atomic mass is 32.2. The maximum Gasteiger partial charge on any atom is 0.210 e. The number of Topliss-reactive ketones (excluding diaryl/α,β-unsaturated/α-hetero) is 1. The monoisotopic (exact) mass is 387 g/mol. The molecular weight excluding hydrogens is 369 g/mol. The van der Waals surface area contributed by atoms with Gasteiger partial charge in [0.05, 0.1) is 5.75 Å². The van der Waals surface area contributed by atoms with Gasteiger partial charge in [-0.2, -0.15) is 0 Å². The van der Waals surface area contributed by atoms with E-state index in [2.05, 4.69) is 41.5 Å². The molecule has 1 N–H and O–H groups in total. The van der Waals surface area contributed by atoms with E-state index in [1.165, 1.54) is 52.9 Å². The Labute approximate surface area is 159 Å². The number of hydrogen-bond acceptors (Lipinski definition) is 6. The molecule has 134 valence electrons. The van der Waals surface area contributed by atoms with Crippen molar-refractivity contribution in [1.29, 1.82) is 0 Å². The summed E-state index contributed by atoms with van der Waals surface area (Å²) in [4.78, 5) is 12.1. The molecule has 3 aromatic rings. The summed E-state index contributed by atoms with van der Waals surface area (Å²) in [5.74, 6) is 0.315. The standard InChI is InChI=1S/C19H18FN3OS2/c1-12(2)13-5-9-16(10-6-13)21-18-22-23-19(26-18)25-11-17(24)14-3-7-15(20)8-4-14/h3-10,12H,11H2,1-2H3,(H,21,22). The number of benzene rings is 2. The molecule has 0 bridgehead atoms. The van der Waals surface area contributed by atoms with Gasteiger partial charge in [0, 0.05) is 11.3 Å². The van der Waals surface area contributed by atoms with Crippen LogP contribution in [-0.4, -0.2) is 21.7 Å². The van der Waals surface area contributed by atoms with Crippen molar-refractivity contribution in [2.75, 3.05) is 11.1 Å². The zero-order valence-corrected chi connectivity index (χ0v) is 16.0. The lowest BCUT2D eigenvalue weighted by molar-refractivity contribution is 0.102. The minimum Gasteiger partial charge on any atom is -0.330 e. The van der Waals surface area contributed by atoms with Gasteiger partial charge in [0.15, 0.2) is 10.1 Å². The molecule has 7 heteroatoms. The van der Waals surface area contributed by atoms with Crippen LogP contribution in [0.25, 0.3) is 0 Å². The van der Waals surface area contributed by atoms with Crippen molar-refractivity contribution in [3.05, 3.63) is 65.5 Å². The normalized spacial score (nSPS) is 10.9. The average Bonchev–Trinajstić information content (AvgIpc) is 3.08. The fourth-order valence-corrected chi connectivity index (χ4v) is 3.91. The van der Waals surface area contributed by atoms with Crippen LogP contribution < -0.4 is 5.32 Å². The number of halogens is 1. The lowest BCUT2D eigenvalue weighted by atomic mass is 10.0. The number of anilines is 2. The zero-order valence-electron chi connectivity index (χ0n) is 14.4. The van der Waals surface area contributed by atoms with E-state index >= 15 is 0 Å². The number of nitrogens with zero attached hydrogens (tertiary/aromatic N) is 2. The number of carbonyl (C=O) groups excluding carboxylic acids is 1. The van der Waals surface area contributed by atoms with Gasteiger partial charge in [-0.1, -0.05) is 49.1 Å². The second kappa shape index (κ2) is 8.42. The first-order chi connectivity index (χ1) is 12.5. The van der Waals surface area contributed by atoms with Crippen LogP contribution in [0, 0.1) is 5.82 Å². The third-order valence-corrected chi connectivity index (χ3v) is 5.70. The molecule has 2 aromatic carbocycles. The summed E-state index contributed by atoms with van der Waals surface area (Å²) in [5.41, 5.74) is 2.72. The Balaban J connectivity index is 1.56. The highest BCUT2D eigenvalue weighted by Gasteiger charge is 2.10. The summed E-state index contributed by atoms with van der Waals surface area (Å²) >= 11 is 2.72. The van der Waals surface area contributed by atoms with Crippen LogP contribution in [0.15, 0.2) is 52.9 Å². The van der Waals surface area contributed by atoms with Crippen molar-refractivity contribution < 1.29 is 9.18 Å². The van der Waals surface area contributed by atoms with Crippen LogP contribution >= 0.6 is 23.1 Å². The van der Waals surface area contributed by atoms with Crippen LogP contribution in [-0.2, 0) is 0 Å². The first kappa shape index (κ1) is 18.5. The van der Waals surface area contributed by atoms with Crippen molar-refractivity contribution in [1.82, 2.24) is 10.2 Å². The third-order valence-electron chi connectivity index (χ3n) is 3.73. The van der Waals surface area contributed by atoms with Crippen LogP contribution in [0.5, 0.6) is 0 Å². The Bertz CT molecular complexity index is 877. The van der Waals surface area contributed by atoms with E-state index < -0.39 is 0 Å². The quantitative estimate of drug-likeness (QED) is 0.427. The Kier molecular flexibility index (Phi) is 6.00. The van der Waals surface area contributed by atoms with Crippen molar-refractivity contribution in [3.8, 4) is 0 Å². The highest BCUT2D eigenvalue weighted by Crippen LogP contribution is 2.28. The van der Waals surface area contributed by atoms with Crippen LogP contribution in [0.3, 0.4) is 0 Å². The number of rotatable bonds is 7. The predicted molar refractivity (Wildman–Crippen MR) is 105 cm³/mol. The molecule has 0 spiro atoms. The van der Waals surface area contributed by atoms with Crippen LogP contribution in [0.2, 0.25) is 0 Å². The predicted octanol–water partition coefficient (Wildman–Crippen LogP) is 5.52. The van der Waals surface area contributed by atoms with Crippen molar-refractivity contribution in [2.45, 2.75) is 24.1 Å². The number of ketones is 1. The zero-order chi connectivity index (χ0) is 18.5. The van der Waals surface area contributed by atoms with Crippen molar-refractivity contribution in [3.63, 3.8) is 0 Å². The topological polar surface area (TPSA) is 54.9 Å². The summed E-state index contributed by atoms with van der Waals surface area (Å²) in [6, 6.07) is 13.8. The second-order valence-corrected chi connectivity index (χ2v) is 8.19. The molecule has 0 aliphatic heterocycles. The minimum atomic E-state index is -0.351. The second-order valence-electron chi connectivity index (χ2n) is 5.99. The first-order valence-corrected chi connectivity index (χ1v) is 9.93. The van der Waals surface area contributed by atoms with E-state index in [1.54, 1.807) is 0 Å². The molecule has 0 aliphatic carbocycles. The van der Waals surface area contributed by atoms with E-state index in [1.807, 2.05) is 12.1 Å². The number of hydrogen-bond donors (Lipinski definition) is 1. The largest absolute Gasteiger partial charge is 0.330 e. The van der Waals surface area contributed by atoms with Gasteiger partial charge in [0.25, 0.3) is 0 Å². The first-order valence-electron chi connectivity index (χ1n) is 8.13. The van der Waals surface area contributed by atoms with E-state index in [0.29, 0.717) is 21.0 Å². The minimum absolute atomic E-state index is 0.0658. The van der Waals surface area contributed by atoms with E-state index in [-0.39, 0.29) is 17.4 Å². The maximum absolute atomic E-state index is 12.9. The van der Waals surface area contributed by atoms with Crippen LogP contribution in [0.4, 0.5) is 15.2 Å². The Morgan fingerprint density at radius 2 is 1.81 bits per heavy atom. The van der Waals surface area contributed by atoms with Gasteiger partial charge in [-0.05, 0) is 47.9 Å². The average molecular weight is 388 g/mol. The van der Waals surface area contributed by atoms with Crippen molar-refractivity contribution in [2.24, 2.45) is 0 Å². The molecule has 0 radical (unpaired) electrons. The van der Waals surface area contributed by atoms with Gasteiger partial charge in [0.2, 0.25) is 5.13 Å². The molecule has 26 heavy (non-hydrogen) atoms. The van der Waals surface area contributed by atoms with Gasteiger partial charge < -0.3 is 5.32 Å². The molecular formula is C19H18FN3OS2. The third kappa shape index (κ3) is 4.89. The van der Waals surface area contributed by atoms with Gasteiger partial charge in [-0.15, -0.1) is 10.2 Å². The number of thioether (sulfide) groups is 1. The fourth-order valence-electron chi connectivity index (χ4n) is 2.24.